The number of nitrogens with zero attached hydrogens (tertiary/aromatic N) is 1. The van der Waals surface area contributed by atoms with Crippen LogP contribution >= 0.6 is 7.60 Å². The largest absolute Gasteiger partial charge is 0.480 e. The summed E-state index contributed by atoms with van der Waals surface area (Å²) < 4.78 is 24.3. The Kier molecular flexibility index (Phi) is 19.8. The highest BCUT2D eigenvalue weighted by molar-refractivity contribution is 7.53. The molecule has 42 heavy (non-hydrogen) atoms. The van der Waals surface area contributed by atoms with Gasteiger partial charge in [-0.1, -0.05) is 96.3 Å². The van der Waals surface area contributed by atoms with E-state index in [0.29, 0.717) is 56.5 Å². The lowest BCUT2D eigenvalue weighted by Gasteiger charge is -2.18. The minimum atomic E-state index is -3.11. The summed E-state index contributed by atoms with van der Waals surface area (Å²) in [6, 6.07) is -0.409. The van der Waals surface area contributed by atoms with Crippen LogP contribution in [-0.4, -0.2) is 57.7 Å². The van der Waals surface area contributed by atoms with Gasteiger partial charge in [0.15, 0.2) is 0 Å². The fourth-order valence-corrected chi connectivity index (χ4v) is 6.92. The predicted molar refractivity (Wildman–Crippen MR) is 170 cm³/mol. The van der Waals surface area contributed by atoms with E-state index in [1.807, 2.05) is 6.92 Å². The minimum absolute atomic E-state index is 0.327. The van der Waals surface area contributed by atoms with Gasteiger partial charge in [0.05, 0.1) is 19.4 Å². The molecular formula is C31H57N4O6P. The number of aliphatic hydroxyl groups is 1. The van der Waals surface area contributed by atoms with E-state index in [1.54, 1.807) is 6.20 Å². The second kappa shape index (κ2) is 22.8. The molecule has 10 nitrogen and oxygen atoms in total. The summed E-state index contributed by atoms with van der Waals surface area (Å²) in [6.45, 7) is 4.06. The van der Waals surface area contributed by atoms with Crippen LogP contribution in [0.3, 0.4) is 0 Å². The van der Waals surface area contributed by atoms with E-state index in [9.17, 15) is 14.5 Å². The summed E-state index contributed by atoms with van der Waals surface area (Å²) in [5, 5.41) is 21.6. The number of aliphatic hydroxyl groups excluding tert-OH is 1. The maximum Gasteiger partial charge on any atom is 0.330 e. The van der Waals surface area contributed by atoms with Crippen LogP contribution in [0.5, 0.6) is 6.01 Å². The molecule has 1 atom stereocenters. The van der Waals surface area contributed by atoms with Gasteiger partial charge in [-0.25, -0.2) is 0 Å². The van der Waals surface area contributed by atoms with Crippen molar-refractivity contribution in [2.45, 2.75) is 129 Å². The Labute approximate surface area is 252 Å². The topological polar surface area (TPSA) is 150 Å². The average molecular weight is 613 g/mol. The number of H-pyrrole nitrogens is 2. The number of aromatic hydroxyl groups is 1. The SMILES string of the molecule is CCOP(=O)(CCCNCc1c[nH]c2c(=O)[nH]c(O)nc12)OCCCCCCCCCCCCCCCCCCCO. The van der Waals surface area contributed by atoms with Gasteiger partial charge in [0.25, 0.3) is 11.6 Å². The van der Waals surface area contributed by atoms with E-state index in [-0.39, 0.29) is 0 Å². The molecular weight excluding hydrogens is 555 g/mol. The molecule has 5 N–H and O–H groups in total. The maximum absolute atomic E-state index is 13.1. The van der Waals surface area contributed by atoms with E-state index in [4.69, 9.17) is 14.2 Å². The number of rotatable bonds is 28. The molecule has 0 bridgehead atoms. The molecule has 0 aliphatic heterocycles. The van der Waals surface area contributed by atoms with Crippen molar-refractivity contribution < 1.29 is 23.8 Å². The Balaban J connectivity index is 1.43. The van der Waals surface area contributed by atoms with Gasteiger partial charge >= 0.3 is 7.60 Å². The number of hydrogen-bond acceptors (Lipinski definition) is 8. The molecule has 2 aromatic rings. The van der Waals surface area contributed by atoms with E-state index in [0.717, 1.165) is 24.8 Å². The molecule has 0 saturated carbocycles. The Hall–Kier alpha value is -1.71. The first-order valence-corrected chi connectivity index (χ1v) is 18.2. The Morgan fingerprint density at radius 3 is 1.93 bits per heavy atom. The molecule has 2 rings (SSSR count). The molecule has 242 valence electrons. The fourth-order valence-electron chi connectivity index (χ4n) is 5.24. The number of unbranched alkanes of at least 4 members (excludes halogenated alkanes) is 16. The molecule has 0 fully saturated rings. The van der Waals surface area contributed by atoms with Crippen LogP contribution in [0, 0.1) is 0 Å². The lowest BCUT2D eigenvalue weighted by Crippen LogP contribution is -2.16. The smallest absolute Gasteiger partial charge is 0.330 e. The van der Waals surface area contributed by atoms with Crippen molar-refractivity contribution in [2.24, 2.45) is 0 Å². The lowest BCUT2D eigenvalue weighted by atomic mass is 10.0. The van der Waals surface area contributed by atoms with Crippen LogP contribution in [0.2, 0.25) is 0 Å². The molecule has 1 unspecified atom stereocenters. The molecule has 11 heteroatoms. The van der Waals surface area contributed by atoms with Crippen molar-refractivity contribution in [1.82, 2.24) is 20.3 Å². The second-order valence-electron chi connectivity index (χ2n) is 11.3. The zero-order valence-electron chi connectivity index (χ0n) is 26.0. The molecule has 0 aliphatic carbocycles. The van der Waals surface area contributed by atoms with Crippen molar-refractivity contribution in [1.29, 1.82) is 0 Å². The van der Waals surface area contributed by atoms with Crippen LogP contribution in [0.15, 0.2) is 11.0 Å². The van der Waals surface area contributed by atoms with Crippen LogP contribution in [-0.2, 0) is 20.2 Å². The summed E-state index contributed by atoms with van der Waals surface area (Å²) in [5.74, 6) is 0. The highest BCUT2D eigenvalue weighted by atomic mass is 31.2. The quantitative estimate of drug-likeness (QED) is 0.0496. The molecule has 0 radical (unpaired) electrons. The first-order chi connectivity index (χ1) is 20.5. The van der Waals surface area contributed by atoms with E-state index >= 15 is 0 Å². The van der Waals surface area contributed by atoms with Gasteiger partial charge in [-0.15, -0.1) is 0 Å². The highest BCUT2D eigenvalue weighted by Gasteiger charge is 2.23. The Bertz CT molecular complexity index is 1060. The zero-order valence-corrected chi connectivity index (χ0v) is 26.9. The summed E-state index contributed by atoms with van der Waals surface area (Å²) in [7, 11) is -3.11. The van der Waals surface area contributed by atoms with Crippen molar-refractivity contribution in [3.8, 4) is 6.01 Å². The molecule has 0 aliphatic rings. The third-order valence-electron chi connectivity index (χ3n) is 7.62. The highest BCUT2D eigenvalue weighted by Crippen LogP contribution is 2.48. The third-order valence-corrected chi connectivity index (χ3v) is 9.71. The maximum atomic E-state index is 13.1. The minimum Gasteiger partial charge on any atom is -0.480 e. The summed E-state index contributed by atoms with van der Waals surface area (Å²) in [4.78, 5) is 21.0. The molecule has 0 aromatic carbocycles. The van der Waals surface area contributed by atoms with E-state index < -0.39 is 19.2 Å². The van der Waals surface area contributed by atoms with Crippen molar-refractivity contribution in [2.75, 3.05) is 32.5 Å². The van der Waals surface area contributed by atoms with Gasteiger partial charge < -0.3 is 29.6 Å². The Morgan fingerprint density at radius 1 is 0.833 bits per heavy atom. The van der Waals surface area contributed by atoms with Gasteiger partial charge in [0.2, 0.25) is 0 Å². The monoisotopic (exact) mass is 612 g/mol. The molecule has 0 amide bonds. The fraction of sp³-hybridized carbons (Fsp3) is 0.806. The van der Waals surface area contributed by atoms with Crippen molar-refractivity contribution >= 4 is 18.6 Å². The average Bonchev–Trinajstić information content (AvgIpc) is 3.37. The molecule has 2 heterocycles. The number of hydrogen-bond donors (Lipinski definition) is 5. The lowest BCUT2D eigenvalue weighted by molar-refractivity contribution is 0.207. The number of nitrogens with one attached hydrogen (secondary N) is 3. The number of aromatic amines is 2. The van der Waals surface area contributed by atoms with Gasteiger partial charge in [-0.3, -0.25) is 14.3 Å². The Morgan fingerprint density at radius 2 is 1.38 bits per heavy atom. The standard InChI is InChI=1S/C31H57N4O6P/c1-2-40-42(39,24-20-21-32-25-27-26-33-29-28(27)34-31(38)35-30(29)37)41-23-19-17-15-13-11-9-7-5-3-4-6-8-10-12-14-16-18-22-36/h26,32-33,36H,2-25H2,1H3,(H2,34,35,37,38). The molecule has 2 aromatic heterocycles. The summed E-state index contributed by atoms with van der Waals surface area (Å²) in [5.41, 5.74) is 1.13. The third kappa shape index (κ3) is 15.7. The summed E-state index contributed by atoms with van der Waals surface area (Å²) >= 11 is 0. The van der Waals surface area contributed by atoms with E-state index in [1.165, 1.54) is 89.9 Å². The normalized spacial score (nSPS) is 13.2. The number of aromatic nitrogens is 3. The van der Waals surface area contributed by atoms with Crippen molar-refractivity contribution in [3.63, 3.8) is 0 Å². The summed E-state index contributed by atoms with van der Waals surface area (Å²) in [6.07, 6.45) is 24.0. The van der Waals surface area contributed by atoms with Crippen molar-refractivity contribution in [3.05, 3.63) is 22.1 Å². The molecule has 0 spiro atoms. The van der Waals surface area contributed by atoms with Gasteiger partial charge in [-0.2, -0.15) is 4.98 Å². The predicted octanol–water partition coefficient (Wildman–Crippen LogP) is 7.31. The van der Waals surface area contributed by atoms with Gasteiger partial charge in [0, 0.05) is 24.9 Å². The number of fused-ring (bicyclic) bond motifs is 1. The van der Waals surface area contributed by atoms with Crippen LogP contribution in [0.25, 0.3) is 11.0 Å². The van der Waals surface area contributed by atoms with Gasteiger partial charge in [-0.05, 0) is 32.7 Å². The second-order valence-corrected chi connectivity index (χ2v) is 13.5. The molecule has 0 saturated heterocycles. The first kappa shape index (κ1) is 36.5. The van der Waals surface area contributed by atoms with Crippen LogP contribution < -0.4 is 10.9 Å². The van der Waals surface area contributed by atoms with Crippen LogP contribution in [0.4, 0.5) is 0 Å². The van der Waals surface area contributed by atoms with Crippen LogP contribution in [0.1, 0.15) is 128 Å². The first-order valence-electron chi connectivity index (χ1n) is 16.5. The zero-order chi connectivity index (χ0) is 30.3. The van der Waals surface area contributed by atoms with Gasteiger partial charge in [0.1, 0.15) is 11.0 Å². The van der Waals surface area contributed by atoms with E-state index in [2.05, 4.69) is 20.3 Å².